The molecule has 0 aliphatic rings. The molecule has 0 spiro atoms. The average molecular weight is 413 g/mol. The van der Waals surface area contributed by atoms with E-state index >= 15 is 0 Å². The third kappa shape index (κ3) is 5.53. The van der Waals surface area contributed by atoms with Gasteiger partial charge in [0.15, 0.2) is 0 Å². The molecule has 0 fully saturated rings. The van der Waals surface area contributed by atoms with Gasteiger partial charge in [0.1, 0.15) is 17.2 Å². The van der Waals surface area contributed by atoms with E-state index < -0.39 is 15.9 Å². The number of nitrogens with one attached hydrogen (secondary N) is 2. The lowest BCUT2D eigenvalue weighted by Gasteiger charge is -2.10. The predicted molar refractivity (Wildman–Crippen MR) is 107 cm³/mol. The molecule has 0 aliphatic heterocycles. The van der Waals surface area contributed by atoms with Crippen molar-refractivity contribution in [3.05, 3.63) is 78.6 Å². The molecule has 29 heavy (non-hydrogen) atoms. The molecule has 9 heteroatoms. The molecule has 1 amide bonds. The minimum atomic E-state index is -3.83. The standard InChI is InChI=1S/C20H19N3O5S/c24-13-12-21-20(25)19-11-6-15(14-22-19)23-29(26,27)18-9-7-17(8-10-18)28-16-4-2-1-3-5-16/h1-11,14,23-24H,12-13H2,(H,21,25). The van der Waals surface area contributed by atoms with E-state index in [-0.39, 0.29) is 29.4 Å². The Morgan fingerprint density at radius 1 is 0.966 bits per heavy atom. The number of amides is 1. The second-order valence-electron chi connectivity index (χ2n) is 5.90. The van der Waals surface area contributed by atoms with Crippen LogP contribution in [0, 0.1) is 0 Å². The van der Waals surface area contributed by atoms with Gasteiger partial charge >= 0.3 is 0 Å². The molecule has 0 atom stereocenters. The van der Waals surface area contributed by atoms with Gasteiger partial charge in [0.25, 0.3) is 15.9 Å². The number of benzene rings is 2. The van der Waals surface area contributed by atoms with Gasteiger partial charge in [0.2, 0.25) is 0 Å². The molecule has 0 aliphatic carbocycles. The van der Waals surface area contributed by atoms with E-state index in [1.165, 1.54) is 30.5 Å². The first-order valence-corrected chi connectivity index (χ1v) is 10.2. The topological polar surface area (TPSA) is 118 Å². The fourth-order valence-corrected chi connectivity index (χ4v) is 3.42. The van der Waals surface area contributed by atoms with E-state index in [0.717, 1.165) is 0 Å². The van der Waals surface area contributed by atoms with Gasteiger partial charge in [0, 0.05) is 6.54 Å². The first kappa shape index (κ1) is 20.3. The molecule has 1 aromatic heterocycles. The smallest absolute Gasteiger partial charge is 0.269 e. The molecule has 1 heterocycles. The van der Waals surface area contributed by atoms with Gasteiger partial charge in [0.05, 0.1) is 23.4 Å². The Morgan fingerprint density at radius 2 is 1.66 bits per heavy atom. The summed E-state index contributed by atoms with van der Waals surface area (Å²) in [5.41, 5.74) is 0.331. The van der Waals surface area contributed by atoms with Crippen LogP contribution in [-0.4, -0.2) is 37.6 Å². The molecule has 0 saturated carbocycles. The number of aliphatic hydroxyl groups excluding tert-OH is 1. The summed E-state index contributed by atoms with van der Waals surface area (Å²) in [6.07, 6.45) is 1.25. The van der Waals surface area contributed by atoms with E-state index in [1.807, 2.05) is 18.2 Å². The molecule has 150 valence electrons. The van der Waals surface area contributed by atoms with Crippen molar-refractivity contribution in [2.75, 3.05) is 17.9 Å². The fourth-order valence-electron chi connectivity index (χ4n) is 2.37. The quantitative estimate of drug-likeness (QED) is 0.522. The van der Waals surface area contributed by atoms with Crippen molar-refractivity contribution in [3.8, 4) is 11.5 Å². The molecule has 0 bridgehead atoms. The Hall–Kier alpha value is -3.43. The third-order valence-corrected chi connectivity index (χ3v) is 5.16. The third-order valence-electron chi connectivity index (χ3n) is 3.76. The summed E-state index contributed by atoms with van der Waals surface area (Å²) >= 11 is 0. The number of para-hydroxylation sites is 1. The zero-order valence-electron chi connectivity index (χ0n) is 15.3. The number of nitrogens with zero attached hydrogens (tertiary/aromatic N) is 1. The van der Waals surface area contributed by atoms with Crippen LogP contribution >= 0.6 is 0 Å². The lowest BCUT2D eigenvalue weighted by Crippen LogP contribution is -2.27. The van der Waals surface area contributed by atoms with Gasteiger partial charge in [-0.3, -0.25) is 9.52 Å². The first-order valence-electron chi connectivity index (χ1n) is 8.69. The number of aromatic nitrogens is 1. The number of carbonyl (C=O) groups is 1. The number of anilines is 1. The summed E-state index contributed by atoms with van der Waals surface area (Å²) in [6, 6.07) is 18.0. The largest absolute Gasteiger partial charge is 0.457 e. The molecular weight excluding hydrogens is 394 g/mol. The molecule has 3 N–H and O–H groups in total. The molecular formula is C20H19N3O5S. The Bertz CT molecular complexity index is 1050. The van der Waals surface area contributed by atoms with Crippen LogP contribution in [0.4, 0.5) is 5.69 Å². The van der Waals surface area contributed by atoms with Crippen molar-refractivity contribution >= 4 is 21.6 Å². The maximum Gasteiger partial charge on any atom is 0.269 e. The van der Waals surface area contributed by atoms with Gasteiger partial charge in [-0.1, -0.05) is 18.2 Å². The van der Waals surface area contributed by atoms with Crippen molar-refractivity contribution in [3.63, 3.8) is 0 Å². The zero-order valence-corrected chi connectivity index (χ0v) is 16.1. The number of hydrogen-bond donors (Lipinski definition) is 3. The maximum absolute atomic E-state index is 12.5. The SMILES string of the molecule is O=C(NCCO)c1ccc(NS(=O)(=O)c2ccc(Oc3ccccc3)cc2)cn1. The highest BCUT2D eigenvalue weighted by Crippen LogP contribution is 2.23. The van der Waals surface area contributed by atoms with Gasteiger partial charge in [-0.2, -0.15) is 0 Å². The number of rotatable bonds is 8. The van der Waals surface area contributed by atoms with E-state index in [4.69, 9.17) is 9.84 Å². The highest BCUT2D eigenvalue weighted by Gasteiger charge is 2.15. The van der Waals surface area contributed by atoms with Gasteiger partial charge in [-0.05, 0) is 48.5 Å². The van der Waals surface area contributed by atoms with E-state index in [0.29, 0.717) is 11.5 Å². The molecule has 8 nitrogen and oxygen atoms in total. The van der Waals surface area contributed by atoms with E-state index in [2.05, 4.69) is 15.0 Å². The molecule has 3 rings (SSSR count). The summed E-state index contributed by atoms with van der Waals surface area (Å²) in [5.74, 6) is 0.702. The van der Waals surface area contributed by atoms with Crippen LogP contribution in [0.15, 0.2) is 77.8 Å². The van der Waals surface area contributed by atoms with Crippen molar-refractivity contribution in [2.24, 2.45) is 0 Å². The highest BCUT2D eigenvalue weighted by molar-refractivity contribution is 7.92. The van der Waals surface area contributed by atoms with Crippen LogP contribution in [0.5, 0.6) is 11.5 Å². The fraction of sp³-hybridized carbons (Fsp3) is 0.100. The minimum Gasteiger partial charge on any atom is -0.457 e. The van der Waals surface area contributed by atoms with Crippen LogP contribution < -0.4 is 14.8 Å². The van der Waals surface area contributed by atoms with Crippen molar-refractivity contribution < 1.29 is 23.1 Å². The summed E-state index contributed by atoms with van der Waals surface area (Å²) < 4.78 is 33.1. The van der Waals surface area contributed by atoms with Gasteiger partial charge in [-0.25, -0.2) is 13.4 Å². The molecule has 3 aromatic rings. The van der Waals surface area contributed by atoms with Crippen molar-refractivity contribution in [2.45, 2.75) is 4.90 Å². The van der Waals surface area contributed by atoms with Crippen LogP contribution in [0.1, 0.15) is 10.5 Å². The van der Waals surface area contributed by atoms with E-state index in [1.54, 1.807) is 24.3 Å². The second-order valence-corrected chi connectivity index (χ2v) is 7.59. The lowest BCUT2D eigenvalue weighted by atomic mass is 10.3. The molecule has 0 radical (unpaired) electrons. The van der Waals surface area contributed by atoms with Gasteiger partial charge in [-0.15, -0.1) is 0 Å². The second kappa shape index (κ2) is 9.18. The van der Waals surface area contributed by atoms with Crippen LogP contribution in [-0.2, 0) is 10.0 Å². The maximum atomic E-state index is 12.5. The number of sulfonamides is 1. The highest BCUT2D eigenvalue weighted by atomic mass is 32.2. The predicted octanol–water partition coefficient (Wildman–Crippen LogP) is 2.40. The summed E-state index contributed by atoms with van der Waals surface area (Å²) in [7, 11) is -3.83. The Kier molecular flexibility index (Phi) is 6.43. The van der Waals surface area contributed by atoms with E-state index in [9.17, 15) is 13.2 Å². The first-order chi connectivity index (χ1) is 14.0. The van der Waals surface area contributed by atoms with Crippen molar-refractivity contribution in [1.82, 2.24) is 10.3 Å². The number of hydrogen-bond acceptors (Lipinski definition) is 6. The monoisotopic (exact) mass is 413 g/mol. The number of carbonyl (C=O) groups excluding carboxylic acids is 1. The molecule has 0 unspecified atom stereocenters. The van der Waals surface area contributed by atoms with Crippen LogP contribution in [0.3, 0.4) is 0 Å². The summed E-state index contributed by atoms with van der Waals surface area (Å²) in [5, 5.41) is 11.2. The minimum absolute atomic E-state index is 0.0580. The number of pyridine rings is 1. The number of ether oxygens (including phenoxy) is 1. The summed E-state index contributed by atoms with van der Waals surface area (Å²) in [6.45, 7) is -0.0717. The zero-order chi connectivity index (χ0) is 20.7. The van der Waals surface area contributed by atoms with Gasteiger partial charge < -0.3 is 15.2 Å². The Morgan fingerprint density at radius 3 is 2.28 bits per heavy atom. The molecule has 2 aromatic carbocycles. The van der Waals surface area contributed by atoms with Crippen LogP contribution in [0.2, 0.25) is 0 Å². The Balaban J connectivity index is 1.67. The average Bonchev–Trinajstić information content (AvgIpc) is 2.73. The summed E-state index contributed by atoms with van der Waals surface area (Å²) in [4.78, 5) is 15.7. The molecule has 0 saturated heterocycles. The van der Waals surface area contributed by atoms with Crippen molar-refractivity contribution in [1.29, 1.82) is 0 Å². The number of aliphatic hydroxyl groups is 1. The Labute approximate surface area is 168 Å². The normalized spacial score (nSPS) is 10.9. The lowest BCUT2D eigenvalue weighted by molar-refractivity contribution is 0.0940. The van der Waals surface area contributed by atoms with Crippen LogP contribution in [0.25, 0.3) is 0 Å².